The van der Waals surface area contributed by atoms with Gasteiger partial charge in [0.05, 0.1) is 22.5 Å². The van der Waals surface area contributed by atoms with Gasteiger partial charge in [-0.25, -0.2) is 13.4 Å². The number of aromatic nitrogens is 2. The first-order valence-electron chi connectivity index (χ1n) is 10.3. The van der Waals surface area contributed by atoms with Crippen LogP contribution in [0.3, 0.4) is 0 Å². The van der Waals surface area contributed by atoms with Crippen LogP contribution in [-0.4, -0.2) is 35.8 Å². The zero-order valence-electron chi connectivity index (χ0n) is 17.9. The van der Waals surface area contributed by atoms with Gasteiger partial charge in [0.25, 0.3) is 15.9 Å². The highest BCUT2D eigenvalue weighted by Gasteiger charge is 2.19. The molecule has 0 aliphatic rings. The fourth-order valence-electron chi connectivity index (χ4n) is 3.60. The Morgan fingerprint density at radius 2 is 1.62 bits per heavy atom. The summed E-state index contributed by atoms with van der Waals surface area (Å²) in [6.45, 7) is 3.14. The first kappa shape index (κ1) is 21.6. The molecule has 32 heavy (non-hydrogen) atoms. The molecule has 0 unspecified atom stereocenters. The van der Waals surface area contributed by atoms with Crippen molar-refractivity contribution in [1.29, 1.82) is 0 Å². The van der Waals surface area contributed by atoms with E-state index in [-0.39, 0.29) is 10.8 Å². The van der Waals surface area contributed by atoms with Gasteiger partial charge >= 0.3 is 0 Å². The fraction of sp³-hybridized carbons (Fsp3) is 0.167. The highest BCUT2D eigenvalue weighted by molar-refractivity contribution is 7.92. The number of carbonyl (C=O) groups excluding carboxylic acids is 1. The Hall–Kier alpha value is -3.65. The number of anilines is 1. The Labute approximate surface area is 187 Å². The number of hydrogen-bond acceptors (Lipinski definition) is 4. The Kier molecular flexibility index (Phi) is 5.96. The number of nitrogens with zero attached hydrogens (tertiary/aromatic N) is 3. The Morgan fingerprint density at radius 3 is 2.31 bits per heavy atom. The van der Waals surface area contributed by atoms with Gasteiger partial charge in [0.15, 0.2) is 0 Å². The minimum Gasteiger partial charge on any atom is -0.334 e. The summed E-state index contributed by atoms with van der Waals surface area (Å²) in [5, 5.41) is 0. The van der Waals surface area contributed by atoms with Gasteiger partial charge in [-0.05, 0) is 55.5 Å². The van der Waals surface area contributed by atoms with Crippen LogP contribution < -0.4 is 4.72 Å². The topological polar surface area (TPSA) is 84.3 Å². The average molecular weight is 449 g/mol. The maximum absolute atomic E-state index is 12.9. The van der Waals surface area contributed by atoms with Crippen molar-refractivity contribution in [3.8, 4) is 0 Å². The second-order valence-corrected chi connectivity index (χ2v) is 9.10. The minimum atomic E-state index is -3.74. The molecular formula is C24H24N4O3S. The van der Waals surface area contributed by atoms with Crippen molar-refractivity contribution >= 4 is 32.7 Å². The third kappa shape index (κ3) is 4.36. The molecule has 4 rings (SSSR count). The van der Waals surface area contributed by atoms with Gasteiger partial charge < -0.3 is 9.47 Å². The molecule has 0 saturated heterocycles. The van der Waals surface area contributed by atoms with Crippen LogP contribution in [0.25, 0.3) is 11.0 Å². The quantitative estimate of drug-likeness (QED) is 0.461. The van der Waals surface area contributed by atoms with Crippen LogP contribution in [0.5, 0.6) is 0 Å². The van der Waals surface area contributed by atoms with Gasteiger partial charge in [0, 0.05) is 24.8 Å². The molecule has 1 N–H and O–H groups in total. The number of sulfonamides is 1. The number of hydrogen-bond donors (Lipinski definition) is 1. The molecular weight excluding hydrogens is 424 g/mol. The molecule has 1 amide bonds. The molecule has 3 aromatic carbocycles. The van der Waals surface area contributed by atoms with Gasteiger partial charge in [-0.2, -0.15) is 0 Å². The lowest BCUT2D eigenvalue weighted by Crippen LogP contribution is -2.27. The number of amides is 1. The Balaban J connectivity index is 1.50. The van der Waals surface area contributed by atoms with E-state index < -0.39 is 10.0 Å². The van der Waals surface area contributed by atoms with Gasteiger partial charge in [0.1, 0.15) is 5.82 Å². The zero-order chi connectivity index (χ0) is 22.7. The largest absolute Gasteiger partial charge is 0.334 e. The van der Waals surface area contributed by atoms with E-state index in [1.54, 1.807) is 36.2 Å². The highest BCUT2D eigenvalue weighted by Crippen LogP contribution is 2.19. The predicted octanol–water partition coefficient (Wildman–Crippen LogP) is 4.13. The van der Waals surface area contributed by atoms with Crippen molar-refractivity contribution in [1.82, 2.24) is 14.5 Å². The zero-order valence-corrected chi connectivity index (χ0v) is 18.7. The predicted molar refractivity (Wildman–Crippen MR) is 125 cm³/mol. The summed E-state index contributed by atoms with van der Waals surface area (Å²) in [6, 6.07) is 22.5. The summed E-state index contributed by atoms with van der Waals surface area (Å²) in [6.07, 6.45) is 0. The SMILES string of the molecule is CCn1c(CN(C)C(=O)c2ccc(S(=O)(=O)Nc3ccccc3)cc2)nc2ccccc21. The molecule has 0 aliphatic heterocycles. The first-order chi connectivity index (χ1) is 15.4. The Bertz CT molecular complexity index is 1350. The first-order valence-corrected chi connectivity index (χ1v) is 11.7. The van der Waals surface area contributed by atoms with Gasteiger partial charge in [-0.3, -0.25) is 9.52 Å². The van der Waals surface area contributed by atoms with Crippen LogP contribution in [0.15, 0.2) is 83.8 Å². The lowest BCUT2D eigenvalue weighted by Gasteiger charge is -2.18. The van der Waals surface area contributed by atoms with E-state index in [4.69, 9.17) is 0 Å². The molecule has 0 bridgehead atoms. The summed E-state index contributed by atoms with van der Waals surface area (Å²) in [7, 11) is -2.03. The number of aryl methyl sites for hydroxylation is 1. The summed E-state index contributed by atoms with van der Waals surface area (Å²) in [4.78, 5) is 19.3. The van der Waals surface area contributed by atoms with E-state index in [1.807, 2.05) is 37.3 Å². The molecule has 0 aliphatic carbocycles. The third-order valence-corrected chi connectivity index (χ3v) is 6.61. The van der Waals surface area contributed by atoms with Crippen molar-refractivity contribution in [3.05, 3.63) is 90.3 Å². The summed E-state index contributed by atoms with van der Waals surface area (Å²) in [5.74, 6) is 0.593. The van der Waals surface area contributed by atoms with Crippen molar-refractivity contribution in [2.24, 2.45) is 0 Å². The number of nitrogens with one attached hydrogen (secondary N) is 1. The molecule has 7 nitrogen and oxygen atoms in total. The van der Waals surface area contributed by atoms with E-state index in [2.05, 4.69) is 14.3 Å². The second kappa shape index (κ2) is 8.84. The molecule has 0 spiro atoms. The van der Waals surface area contributed by atoms with Crippen LogP contribution >= 0.6 is 0 Å². The highest BCUT2D eigenvalue weighted by atomic mass is 32.2. The van der Waals surface area contributed by atoms with E-state index in [0.29, 0.717) is 17.8 Å². The third-order valence-electron chi connectivity index (χ3n) is 5.21. The van der Waals surface area contributed by atoms with Gasteiger partial charge in [-0.1, -0.05) is 30.3 Å². The molecule has 1 heterocycles. The minimum absolute atomic E-state index is 0.0910. The number of para-hydroxylation sites is 3. The van der Waals surface area contributed by atoms with Crippen molar-refractivity contribution in [2.75, 3.05) is 11.8 Å². The van der Waals surface area contributed by atoms with Crippen molar-refractivity contribution in [2.45, 2.75) is 24.9 Å². The summed E-state index contributed by atoms with van der Waals surface area (Å²) in [5.41, 5.74) is 2.81. The molecule has 8 heteroatoms. The molecule has 0 fully saturated rings. The number of fused-ring (bicyclic) bond motifs is 1. The van der Waals surface area contributed by atoms with Crippen LogP contribution in [0.1, 0.15) is 23.1 Å². The number of carbonyl (C=O) groups is 1. The Morgan fingerprint density at radius 1 is 0.969 bits per heavy atom. The average Bonchev–Trinajstić information content (AvgIpc) is 3.16. The summed E-state index contributed by atoms with van der Waals surface area (Å²) >= 11 is 0. The molecule has 4 aromatic rings. The maximum Gasteiger partial charge on any atom is 0.261 e. The monoisotopic (exact) mass is 448 g/mol. The fourth-order valence-corrected chi connectivity index (χ4v) is 4.66. The molecule has 0 radical (unpaired) electrons. The van der Waals surface area contributed by atoms with Crippen molar-refractivity contribution < 1.29 is 13.2 Å². The van der Waals surface area contributed by atoms with Gasteiger partial charge in [0.2, 0.25) is 0 Å². The molecule has 1 aromatic heterocycles. The van der Waals surface area contributed by atoms with Crippen LogP contribution in [0.4, 0.5) is 5.69 Å². The molecule has 0 atom stereocenters. The summed E-state index contributed by atoms with van der Waals surface area (Å²) < 4.78 is 29.8. The van der Waals surface area contributed by atoms with Crippen LogP contribution in [0, 0.1) is 0 Å². The van der Waals surface area contributed by atoms with Crippen LogP contribution in [0.2, 0.25) is 0 Å². The standard InChI is InChI=1S/C24H24N4O3S/c1-3-28-22-12-8-7-11-21(22)25-23(28)17-27(2)24(29)18-13-15-20(16-14-18)32(30,31)26-19-9-5-4-6-10-19/h4-16,26H,3,17H2,1-2H3. The van der Waals surface area contributed by atoms with Crippen molar-refractivity contribution in [3.63, 3.8) is 0 Å². The molecule has 0 saturated carbocycles. The maximum atomic E-state index is 12.9. The number of rotatable bonds is 7. The number of imidazole rings is 1. The van der Waals surface area contributed by atoms with E-state index in [0.717, 1.165) is 23.4 Å². The van der Waals surface area contributed by atoms with E-state index in [1.165, 1.54) is 24.3 Å². The normalized spacial score (nSPS) is 11.4. The smallest absolute Gasteiger partial charge is 0.261 e. The lowest BCUT2D eigenvalue weighted by atomic mass is 10.2. The van der Waals surface area contributed by atoms with E-state index >= 15 is 0 Å². The van der Waals surface area contributed by atoms with Gasteiger partial charge in [-0.15, -0.1) is 0 Å². The second-order valence-electron chi connectivity index (χ2n) is 7.42. The lowest BCUT2D eigenvalue weighted by molar-refractivity contribution is 0.0780. The van der Waals surface area contributed by atoms with Crippen LogP contribution in [-0.2, 0) is 23.1 Å². The van der Waals surface area contributed by atoms with E-state index in [9.17, 15) is 13.2 Å². The molecule has 164 valence electrons. The number of benzene rings is 3.